The van der Waals surface area contributed by atoms with Crippen molar-refractivity contribution in [2.75, 3.05) is 0 Å². The van der Waals surface area contributed by atoms with E-state index < -0.39 is 0 Å². The third-order valence-corrected chi connectivity index (χ3v) is 4.54. The Hall–Kier alpha value is -2.19. The third-order valence-electron chi connectivity index (χ3n) is 3.37. The predicted molar refractivity (Wildman–Crippen MR) is 83.0 cm³/mol. The molecule has 0 amide bonds. The number of hydrogen-bond acceptors (Lipinski definition) is 1. The van der Waals surface area contributed by atoms with Gasteiger partial charge in [0.25, 0.3) is 5.01 Å². The molecule has 1 aliphatic heterocycles. The number of benzene rings is 2. The molecule has 0 bridgehead atoms. The fraction of sp³-hybridized carbons (Fsp3) is 0. The molecule has 1 nitrogen and oxygen atoms in total. The zero-order valence-electron chi connectivity index (χ0n) is 10.3. The van der Waals surface area contributed by atoms with Crippen LogP contribution in [0.5, 0.6) is 0 Å². The first-order chi connectivity index (χ1) is 9.43. The van der Waals surface area contributed by atoms with Crippen molar-refractivity contribution in [3.8, 4) is 0 Å². The van der Waals surface area contributed by atoms with Gasteiger partial charge < -0.3 is 0 Å². The van der Waals surface area contributed by atoms with E-state index in [1.165, 1.54) is 26.0 Å². The SMILES string of the molecule is C1=CC=C[n+]2c(sc3c4ccccc4ccc32)C=C1. The van der Waals surface area contributed by atoms with Gasteiger partial charge in [-0.25, -0.2) is 0 Å². The topological polar surface area (TPSA) is 3.88 Å². The largest absolute Gasteiger partial charge is 0.268 e. The molecule has 0 saturated carbocycles. The number of nitrogens with zero attached hydrogens (tertiary/aromatic N) is 1. The van der Waals surface area contributed by atoms with Gasteiger partial charge in [0.1, 0.15) is 4.70 Å². The fourth-order valence-corrected chi connectivity index (χ4v) is 3.65. The molecule has 1 aliphatic rings. The summed E-state index contributed by atoms with van der Waals surface area (Å²) in [6.45, 7) is 0. The van der Waals surface area contributed by atoms with E-state index in [9.17, 15) is 0 Å². The van der Waals surface area contributed by atoms with Crippen molar-refractivity contribution in [2.45, 2.75) is 0 Å². The molecule has 2 aromatic carbocycles. The van der Waals surface area contributed by atoms with Crippen LogP contribution < -0.4 is 4.57 Å². The average molecular weight is 262 g/mol. The van der Waals surface area contributed by atoms with Gasteiger partial charge in [0, 0.05) is 23.6 Å². The summed E-state index contributed by atoms with van der Waals surface area (Å²) in [4.78, 5) is 0. The monoisotopic (exact) mass is 262 g/mol. The smallest absolute Gasteiger partial charge is 0.150 e. The molecule has 2 heteroatoms. The Bertz CT molecular complexity index is 865. The molecule has 3 aromatic rings. The van der Waals surface area contributed by atoms with Crippen LogP contribution in [0.15, 0.2) is 60.7 Å². The lowest BCUT2D eigenvalue weighted by Crippen LogP contribution is -2.27. The van der Waals surface area contributed by atoms with E-state index in [0.29, 0.717) is 0 Å². The van der Waals surface area contributed by atoms with Crippen LogP contribution in [0.1, 0.15) is 5.01 Å². The van der Waals surface area contributed by atoms with Crippen LogP contribution >= 0.6 is 11.3 Å². The molecular weight excluding hydrogens is 250 g/mol. The van der Waals surface area contributed by atoms with E-state index >= 15 is 0 Å². The fourth-order valence-electron chi connectivity index (χ4n) is 2.47. The van der Waals surface area contributed by atoms with Gasteiger partial charge in [-0.05, 0) is 11.5 Å². The quantitative estimate of drug-likeness (QED) is 0.529. The van der Waals surface area contributed by atoms with Crippen molar-refractivity contribution < 1.29 is 4.57 Å². The first-order valence-corrected chi connectivity index (χ1v) is 7.12. The molecule has 0 radical (unpaired) electrons. The molecule has 0 unspecified atom stereocenters. The first kappa shape index (κ1) is 10.7. The minimum Gasteiger partial charge on any atom is -0.150 e. The van der Waals surface area contributed by atoms with Crippen LogP contribution in [0.3, 0.4) is 0 Å². The Morgan fingerprint density at radius 1 is 0.842 bits per heavy atom. The van der Waals surface area contributed by atoms with Gasteiger partial charge >= 0.3 is 0 Å². The van der Waals surface area contributed by atoms with E-state index in [1.54, 1.807) is 0 Å². The second-order valence-corrected chi connectivity index (χ2v) is 5.56. The van der Waals surface area contributed by atoms with Gasteiger partial charge in [-0.15, -0.1) is 0 Å². The molecule has 0 spiro atoms. The lowest BCUT2D eigenvalue weighted by molar-refractivity contribution is -0.535. The molecular formula is C17H12NS+. The summed E-state index contributed by atoms with van der Waals surface area (Å²) in [6, 6.07) is 13.0. The van der Waals surface area contributed by atoms with Crippen molar-refractivity contribution in [3.05, 3.63) is 65.7 Å². The van der Waals surface area contributed by atoms with Gasteiger partial charge in [0.2, 0.25) is 5.52 Å². The Labute approximate surface area is 115 Å². The lowest BCUT2D eigenvalue weighted by atomic mass is 10.1. The van der Waals surface area contributed by atoms with E-state index in [1.807, 2.05) is 11.3 Å². The molecule has 0 fully saturated rings. The van der Waals surface area contributed by atoms with Gasteiger partial charge in [-0.2, -0.15) is 4.57 Å². The Balaban J connectivity index is 2.16. The van der Waals surface area contributed by atoms with E-state index in [2.05, 4.69) is 77.5 Å². The van der Waals surface area contributed by atoms with Gasteiger partial charge in [-0.1, -0.05) is 53.8 Å². The molecule has 0 atom stereocenters. The third kappa shape index (κ3) is 1.65. The average Bonchev–Trinajstić information content (AvgIpc) is 2.76. The van der Waals surface area contributed by atoms with Crippen molar-refractivity contribution in [3.63, 3.8) is 0 Å². The highest BCUT2D eigenvalue weighted by Crippen LogP contribution is 2.30. The van der Waals surface area contributed by atoms with Crippen molar-refractivity contribution in [2.24, 2.45) is 0 Å². The van der Waals surface area contributed by atoms with Crippen molar-refractivity contribution in [1.82, 2.24) is 0 Å². The second kappa shape index (κ2) is 4.18. The van der Waals surface area contributed by atoms with Crippen LogP contribution in [-0.4, -0.2) is 0 Å². The normalized spacial score (nSPS) is 13.7. The minimum atomic E-state index is 1.26. The van der Waals surface area contributed by atoms with E-state index in [4.69, 9.17) is 0 Å². The summed E-state index contributed by atoms with van der Waals surface area (Å²) in [7, 11) is 0. The van der Waals surface area contributed by atoms with E-state index in [0.717, 1.165) is 0 Å². The molecule has 0 N–H and O–H groups in total. The summed E-state index contributed by atoms with van der Waals surface area (Å²) in [5.41, 5.74) is 1.27. The number of aromatic nitrogens is 1. The number of rotatable bonds is 0. The predicted octanol–water partition coefficient (Wildman–Crippen LogP) is 4.40. The number of allylic oxidation sites excluding steroid dienone is 4. The van der Waals surface area contributed by atoms with Crippen LogP contribution in [-0.2, 0) is 0 Å². The summed E-state index contributed by atoms with van der Waals surface area (Å²) in [6.07, 6.45) is 12.6. The maximum Gasteiger partial charge on any atom is 0.268 e. The van der Waals surface area contributed by atoms with Crippen LogP contribution in [0, 0.1) is 0 Å². The maximum absolute atomic E-state index is 2.26. The molecule has 1 aromatic heterocycles. The molecule has 2 heterocycles. The summed E-state index contributed by atoms with van der Waals surface area (Å²) in [5, 5.41) is 3.89. The zero-order valence-corrected chi connectivity index (χ0v) is 11.1. The Morgan fingerprint density at radius 2 is 1.74 bits per heavy atom. The first-order valence-electron chi connectivity index (χ1n) is 6.31. The van der Waals surface area contributed by atoms with E-state index in [-0.39, 0.29) is 0 Å². The van der Waals surface area contributed by atoms with Crippen LogP contribution in [0.4, 0.5) is 0 Å². The number of hydrogen-bond donors (Lipinski definition) is 0. The Morgan fingerprint density at radius 3 is 2.74 bits per heavy atom. The van der Waals surface area contributed by atoms with Crippen LogP contribution in [0.2, 0.25) is 0 Å². The second-order valence-electron chi connectivity index (χ2n) is 4.53. The zero-order chi connectivity index (χ0) is 12.7. The summed E-state index contributed by atoms with van der Waals surface area (Å²) in [5.74, 6) is 0. The van der Waals surface area contributed by atoms with Gasteiger partial charge in [0.15, 0.2) is 6.20 Å². The molecule has 90 valence electrons. The van der Waals surface area contributed by atoms with Gasteiger partial charge in [0.05, 0.1) is 0 Å². The molecule has 0 aliphatic carbocycles. The van der Waals surface area contributed by atoms with Crippen molar-refractivity contribution >= 4 is 44.6 Å². The summed E-state index contributed by atoms with van der Waals surface area (Å²) < 4.78 is 3.61. The lowest BCUT2D eigenvalue weighted by Gasteiger charge is -1.95. The molecule has 0 saturated heterocycles. The van der Waals surface area contributed by atoms with Crippen LogP contribution in [0.25, 0.3) is 33.3 Å². The highest BCUT2D eigenvalue weighted by atomic mass is 32.1. The highest BCUT2D eigenvalue weighted by molar-refractivity contribution is 7.19. The number of thiazole rings is 1. The maximum atomic E-state index is 2.26. The number of fused-ring (bicyclic) bond motifs is 5. The Kier molecular flexibility index (Phi) is 2.35. The van der Waals surface area contributed by atoms with Crippen molar-refractivity contribution in [1.29, 1.82) is 0 Å². The highest BCUT2D eigenvalue weighted by Gasteiger charge is 2.18. The van der Waals surface area contributed by atoms with Gasteiger partial charge in [-0.3, -0.25) is 0 Å². The molecule has 19 heavy (non-hydrogen) atoms. The minimum absolute atomic E-state index is 1.26. The molecule has 4 rings (SSSR count). The summed E-state index contributed by atoms with van der Waals surface area (Å²) >= 11 is 1.84. The standard InChI is InChI=1S/C17H12NS/c1-2-6-12-18-15-11-10-13-7-4-5-8-14(13)17(15)19-16(18)9-3-1/h1-12H/q+1.